The number of nitrogens with zero attached hydrogens (tertiary/aromatic N) is 1. The lowest BCUT2D eigenvalue weighted by molar-refractivity contribution is 1.14. The van der Waals surface area contributed by atoms with E-state index in [-0.39, 0.29) is 5.56 Å². The molecule has 1 N–H and O–H groups in total. The van der Waals surface area contributed by atoms with Gasteiger partial charge in [-0.15, -0.1) is 0 Å². The minimum atomic E-state index is -0.243. The number of halogens is 2. The predicted octanol–water partition coefficient (Wildman–Crippen LogP) is 4.62. The molecule has 0 atom stereocenters. The molecule has 3 aromatic rings. The summed E-state index contributed by atoms with van der Waals surface area (Å²) in [5.74, 6) is 0.322. The third-order valence-corrected chi connectivity index (χ3v) is 3.75. The van der Waals surface area contributed by atoms with Gasteiger partial charge < -0.3 is 4.98 Å². The summed E-state index contributed by atoms with van der Waals surface area (Å²) < 4.78 is 0. The second-order valence-corrected chi connectivity index (χ2v) is 5.83. The molecular weight excluding hydrogens is 319 g/mol. The van der Waals surface area contributed by atoms with Crippen LogP contribution in [0.15, 0.2) is 47.3 Å². The molecule has 0 aliphatic rings. The van der Waals surface area contributed by atoms with Crippen molar-refractivity contribution < 1.29 is 0 Å². The maximum atomic E-state index is 12.1. The lowest BCUT2D eigenvalue weighted by Crippen LogP contribution is -2.10. The summed E-state index contributed by atoms with van der Waals surface area (Å²) in [6.45, 7) is 2.00. The molecule has 0 saturated heterocycles. The van der Waals surface area contributed by atoms with Crippen molar-refractivity contribution in [2.75, 3.05) is 0 Å². The SMILES string of the molecule is Cc1cccc(/C=C(\Cl)c2nc3cc(Cl)ccc3c(=O)[nH]2)c1. The van der Waals surface area contributed by atoms with Gasteiger partial charge in [-0.25, -0.2) is 4.98 Å². The number of H-pyrrole nitrogens is 1. The lowest BCUT2D eigenvalue weighted by atomic mass is 10.1. The molecule has 3 nitrogen and oxygen atoms in total. The lowest BCUT2D eigenvalue weighted by Gasteiger charge is -2.03. The van der Waals surface area contributed by atoms with E-state index in [0.29, 0.717) is 26.8 Å². The van der Waals surface area contributed by atoms with Crippen molar-refractivity contribution >= 4 is 45.2 Å². The molecule has 0 radical (unpaired) electrons. The van der Waals surface area contributed by atoms with Crippen LogP contribution in [0.1, 0.15) is 17.0 Å². The number of aryl methyl sites for hydroxylation is 1. The molecule has 0 amide bonds. The van der Waals surface area contributed by atoms with Gasteiger partial charge in [-0.05, 0) is 36.8 Å². The van der Waals surface area contributed by atoms with Crippen molar-refractivity contribution in [3.63, 3.8) is 0 Å². The second kappa shape index (κ2) is 5.95. The Kier molecular flexibility index (Phi) is 4.01. The van der Waals surface area contributed by atoms with Crippen molar-refractivity contribution in [1.82, 2.24) is 9.97 Å². The van der Waals surface area contributed by atoms with Crippen LogP contribution < -0.4 is 5.56 Å². The Hall–Kier alpha value is -2.10. The molecule has 1 heterocycles. The molecular formula is C17H12Cl2N2O. The van der Waals surface area contributed by atoms with Gasteiger partial charge in [0.15, 0.2) is 5.82 Å². The molecule has 5 heteroatoms. The van der Waals surface area contributed by atoms with Crippen LogP contribution >= 0.6 is 23.2 Å². The average Bonchev–Trinajstić information content (AvgIpc) is 2.46. The first-order valence-electron chi connectivity index (χ1n) is 6.67. The standard InChI is InChI=1S/C17H12Cl2N2O/c1-10-3-2-4-11(7-10)8-14(19)16-20-15-9-12(18)5-6-13(15)17(22)21-16/h2-9H,1H3,(H,20,21,22)/b14-8-. The van der Waals surface area contributed by atoms with Gasteiger partial charge in [0.1, 0.15) is 0 Å². The van der Waals surface area contributed by atoms with Crippen LogP contribution in [-0.2, 0) is 0 Å². The summed E-state index contributed by atoms with van der Waals surface area (Å²) >= 11 is 12.3. The summed E-state index contributed by atoms with van der Waals surface area (Å²) in [5.41, 5.74) is 2.35. The van der Waals surface area contributed by atoms with Crippen LogP contribution in [0.5, 0.6) is 0 Å². The summed E-state index contributed by atoms with van der Waals surface area (Å²) in [5, 5.41) is 1.37. The maximum absolute atomic E-state index is 12.1. The van der Waals surface area contributed by atoms with E-state index in [4.69, 9.17) is 23.2 Å². The van der Waals surface area contributed by atoms with Crippen LogP contribution in [0.25, 0.3) is 22.0 Å². The molecule has 0 unspecified atom stereocenters. The molecule has 110 valence electrons. The fourth-order valence-electron chi connectivity index (χ4n) is 2.20. The highest BCUT2D eigenvalue weighted by Gasteiger charge is 2.07. The molecule has 0 aliphatic heterocycles. The molecule has 22 heavy (non-hydrogen) atoms. The number of aromatic nitrogens is 2. The highest BCUT2D eigenvalue weighted by molar-refractivity contribution is 6.50. The van der Waals surface area contributed by atoms with Crippen molar-refractivity contribution in [1.29, 1.82) is 0 Å². The highest BCUT2D eigenvalue weighted by atomic mass is 35.5. The Morgan fingerprint density at radius 1 is 1.23 bits per heavy atom. The monoisotopic (exact) mass is 330 g/mol. The fourth-order valence-corrected chi connectivity index (χ4v) is 2.58. The zero-order valence-corrected chi connectivity index (χ0v) is 13.2. The summed E-state index contributed by atoms with van der Waals surface area (Å²) in [4.78, 5) is 19.2. The maximum Gasteiger partial charge on any atom is 0.259 e. The zero-order chi connectivity index (χ0) is 15.7. The van der Waals surface area contributed by atoms with Crippen LogP contribution in [0.3, 0.4) is 0 Å². The van der Waals surface area contributed by atoms with Gasteiger partial charge in [0, 0.05) is 5.02 Å². The molecule has 0 saturated carbocycles. The molecule has 0 bridgehead atoms. The van der Waals surface area contributed by atoms with Crippen LogP contribution in [-0.4, -0.2) is 9.97 Å². The van der Waals surface area contributed by atoms with Gasteiger partial charge in [-0.1, -0.05) is 53.0 Å². The molecule has 0 aliphatic carbocycles. The third-order valence-electron chi connectivity index (χ3n) is 3.23. The average molecular weight is 331 g/mol. The topological polar surface area (TPSA) is 45.8 Å². The summed E-state index contributed by atoms with van der Waals surface area (Å²) in [6.07, 6.45) is 1.77. The molecule has 2 aromatic carbocycles. The first kappa shape index (κ1) is 14.8. The van der Waals surface area contributed by atoms with E-state index in [0.717, 1.165) is 11.1 Å². The van der Waals surface area contributed by atoms with Gasteiger partial charge in [0.25, 0.3) is 5.56 Å². The van der Waals surface area contributed by atoms with Crippen LogP contribution in [0.4, 0.5) is 0 Å². The van der Waals surface area contributed by atoms with Gasteiger partial charge in [0.05, 0.1) is 15.9 Å². The first-order chi connectivity index (χ1) is 10.5. The van der Waals surface area contributed by atoms with E-state index in [1.807, 2.05) is 31.2 Å². The van der Waals surface area contributed by atoms with E-state index in [9.17, 15) is 4.79 Å². The summed E-state index contributed by atoms with van der Waals surface area (Å²) in [6, 6.07) is 12.8. The zero-order valence-electron chi connectivity index (χ0n) is 11.7. The number of nitrogens with one attached hydrogen (secondary N) is 1. The van der Waals surface area contributed by atoms with E-state index in [1.54, 1.807) is 24.3 Å². The Morgan fingerprint density at radius 3 is 2.82 bits per heavy atom. The Bertz CT molecular complexity index is 945. The minimum absolute atomic E-state index is 0.243. The van der Waals surface area contributed by atoms with Gasteiger partial charge in [-0.3, -0.25) is 4.79 Å². The van der Waals surface area contributed by atoms with E-state index in [2.05, 4.69) is 9.97 Å². The van der Waals surface area contributed by atoms with E-state index in [1.165, 1.54) is 0 Å². The predicted molar refractivity (Wildman–Crippen MR) is 92.3 cm³/mol. The normalized spacial score (nSPS) is 11.9. The number of fused-ring (bicyclic) bond motifs is 1. The third kappa shape index (κ3) is 3.06. The van der Waals surface area contributed by atoms with Crippen LogP contribution in [0, 0.1) is 6.92 Å². The van der Waals surface area contributed by atoms with E-state index < -0.39 is 0 Å². The molecule has 3 rings (SSSR count). The Balaban J connectivity index is 2.11. The second-order valence-electron chi connectivity index (χ2n) is 4.98. The minimum Gasteiger partial charge on any atom is -0.305 e. The van der Waals surface area contributed by atoms with Crippen molar-refractivity contribution in [3.05, 3.63) is 74.8 Å². The summed E-state index contributed by atoms with van der Waals surface area (Å²) in [7, 11) is 0. The fraction of sp³-hybridized carbons (Fsp3) is 0.0588. The Morgan fingerprint density at radius 2 is 2.05 bits per heavy atom. The highest BCUT2D eigenvalue weighted by Crippen LogP contribution is 2.21. The van der Waals surface area contributed by atoms with E-state index >= 15 is 0 Å². The smallest absolute Gasteiger partial charge is 0.259 e. The van der Waals surface area contributed by atoms with Gasteiger partial charge in [-0.2, -0.15) is 0 Å². The quantitative estimate of drug-likeness (QED) is 0.745. The van der Waals surface area contributed by atoms with Crippen LogP contribution in [0.2, 0.25) is 5.02 Å². The number of aromatic amines is 1. The Labute approximate surface area is 137 Å². The van der Waals surface area contributed by atoms with Crippen molar-refractivity contribution in [3.8, 4) is 0 Å². The van der Waals surface area contributed by atoms with Gasteiger partial charge in [0.2, 0.25) is 0 Å². The number of rotatable bonds is 2. The number of hydrogen-bond acceptors (Lipinski definition) is 2. The van der Waals surface area contributed by atoms with Crippen molar-refractivity contribution in [2.24, 2.45) is 0 Å². The molecule has 0 fully saturated rings. The molecule has 1 aromatic heterocycles. The van der Waals surface area contributed by atoms with Crippen molar-refractivity contribution in [2.45, 2.75) is 6.92 Å². The van der Waals surface area contributed by atoms with Gasteiger partial charge >= 0.3 is 0 Å². The molecule has 0 spiro atoms. The number of benzene rings is 2. The first-order valence-corrected chi connectivity index (χ1v) is 7.42. The largest absolute Gasteiger partial charge is 0.305 e. The number of hydrogen-bond donors (Lipinski definition) is 1.